The summed E-state index contributed by atoms with van der Waals surface area (Å²) in [6.07, 6.45) is 0. The lowest BCUT2D eigenvalue weighted by atomic mass is 10.2. The summed E-state index contributed by atoms with van der Waals surface area (Å²) in [5, 5.41) is 2.83. The van der Waals surface area contributed by atoms with Crippen LogP contribution in [-0.4, -0.2) is 27.3 Å². The van der Waals surface area contributed by atoms with Crippen molar-refractivity contribution in [2.45, 2.75) is 17.6 Å². The Morgan fingerprint density at radius 3 is 2.50 bits per heavy atom. The molecule has 0 bridgehead atoms. The maximum Gasteiger partial charge on any atom is 0.341 e. The predicted molar refractivity (Wildman–Crippen MR) is 66.3 cm³/mol. The number of rotatable bonds is 6. The first-order valence-electron chi connectivity index (χ1n) is 5.44. The molecular weight excluding hydrogens is 262 g/mol. The third-order valence-electron chi connectivity index (χ3n) is 2.47. The fourth-order valence-electron chi connectivity index (χ4n) is 1.32. The second kappa shape index (κ2) is 6.10. The first-order chi connectivity index (χ1) is 8.39. The van der Waals surface area contributed by atoms with Gasteiger partial charge in [-0.15, -0.1) is 0 Å². The van der Waals surface area contributed by atoms with Crippen LogP contribution in [0.4, 0.5) is 14.5 Å². The van der Waals surface area contributed by atoms with E-state index >= 15 is 0 Å². The van der Waals surface area contributed by atoms with Crippen molar-refractivity contribution in [2.75, 3.05) is 18.4 Å². The Labute approximate surface area is 105 Å². The number of para-hydroxylation sites is 1. The Kier molecular flexibility index (Phi) is 5.03. The van der Waals surface area contributed by atoms with Crippen molar-refractivity contribution < 1.29 is 17.2 Å². The molecule has 0 fully saturated rings. The summed E-state index contributed by atoms with van der Waals surface area (Å²) >= 11 is 0. The van der Waals surface area contributed by atoms with Gasteiger partial charge in [-0.05, 0) is 24.6 Å². The van der Waals surface area contributed by atoms with Crippen LogP contribution < -0.4 is 11.1 Å². The lowest BCUT2D eigenvalue weighted by Crippen LogP contribution is -2.21. The largest absolute Gasteiger partial charge is 0.384 e. The van der Waals surface area contributed by atoms with E-state index in [9.17, 15) is 17.2 Å². The fourth-order valence-corrected chi connectivity index (χ4v) is 2.23. The highest BCUT2D eigenvalue weighted by Gasteiger charge is 2.28. The first kappa shape index (κ1) is 14.8. The predicted octanol–water partition coefficient (Wildman–Crippen LogP) is 1.69. The average molecular weight is 278 g/mol. The molecule has 0 aromatic heterocycles. The van der Waals surface area contributed by atoms with Gasteiger partial charge in [-0.1, -0.05) is 19.1 Å². The molecule has 0 amide bonds. The van der Waals surface area contributed by atoms with Gasteiger partial charge in [-0.3, -0.25) is 0 Å². The van der Waals surface area contributed by atoms with Gasteiger partial charge in [0, 0.05) is 6.54 Å². The number of hydrogen-bond acceptors (Lipinski definition) is 4. The summed E-state index contributed by atoms with van der Waals surface area (Å²) in [6, 6.07) is 5.61. The molecular formula is C11H16F2N2O2S. The van der Waals surface area contributed by atoms with Gasteiger partial charge in [0.25, 0.3) is 0 Å². The Balaban J connectivity index is 3.01. The first-order valence-corrected chi connectivity index (χ1v) is 6.99. The topological polar surface area (TPSA) is 72.2 Å². The SMILES string of the molecule is CC(CN)CNc1ccccc1S(=O)(=O)C(F)F. The summed E-state index contributed by atoms with van der Waals surface area (Å²) in [5.41, 5.74) is 5.61. The van der Waals surface area contributed by atoms with Crippen molar-refractivity contribution >= 4 is 15.5 Å². The van der Waals surface area contributed by atoms with Gasteiger partial charge >= 0.3 is 5.76 Å². The van der Waals surface area contributed by atoms with E-state index in [2.05, 4.69) is 5.32 Å². The van der Waals surface area contributed by atoms with Gasteiger partial charge in [0.05, 0.1) is 10.6 Å². The van der Waals surface area contributed by atoms with Crippen LogP contribution in [0.1, 0.15) is 6.92 Å². The minimum Gasteiger partial charge on any atom is -0.384 e. The maximum absolute atomic E-state index is 12.5. The molecule has 0 aliphatic heterocycles. The van der Waals surface area contributed by atoms with E-state index in [0.717, 1.165) is 6.07 Å². The van der Waals surface area contributed by atoms with Crippen molar-refractivity contribution in [3.63, 3.8) is 0 Å². The van der Waals surface area contributed by atoms with E-state index < -0.39 is 15.6 Å². The van der Waals surface area contributed by atoms with Gasteiger partial charge in [0.1, 0.15) is 0 Å². The molecule has 4 nitrogen and oxygen atoms in total. The Morgan fingerprint density at radius 1 is 1.33 bits per heavy atom. The van der Waals surface area contributed by atoms with Crippen molar-refractivity contribution in [1.82, 2.24) is 0 Å². The van der Waals surface area contributed by atoms with Crippen LogP contribution >= 0.6 is 0 Å². The van der Waals surface area contributed by atoms with E-state index in [4.69, 9.17) is 5.73 Å². The number of benzene rings is 1. The highest BCUT2D eigenvalue weighted by Crippen LogP contribution is 2.26. The monoisotopic (exact) mass is 278 g/mol. The van der Waals surface area contributed by atoms with Crippen molar-refractivity contribution in [3.8, 4) is 0 Å². The minimum atomic E-state index is -4.59. The lowest BCUT2D eigenvalue weighted by molar-refractivity contribution is 0.235. The van der Waals surface area contributed by atoms with Crippen LogP contribution in [0.3, 0.4) is 0 Å². The van der Waals surface area contributed by atoms with E-state index in [1.165, 1.54) is 12.1 Å². The van der Waals surface area contributed by atoms with Crippen molar-refractivity contribution in [2.24, 2.45) is 11.7 Å². The summed E-state index contributed by atoms with van der Waals surface area (Å²) < 4.78 is 47.9. The van der Waals surface area contributed by atoms with Gasteiger partial charge < -0.3 is 11.1 Å². The van der Waals surface area contributed by atoms with Crippen LogP contribution in [0.5, 0.6) is 0 Å². The van der Waals surface area contributed by atoms with Crippen LogP contribution in [0, 0.1) is 5.92 Å². The van der Waals surface area contributed by atoms with Crippen LogP contribution in [-0.2, 0) is 9.84 Å². The molecule has 0 aliphatic carbocycles. The van der Waals surface area contributed by atoms with E-state index in [0.29, 0.717) is 13.1 Å². The summed E-state index contributed by atoms with van der Waals surface area (Å²) in [7, 11) is -4.59. The van der Waals surface area contributed by atoms with E-state index in [-0.39, 0.29) is 16.5 Å². The molecule has 0 spiro atoms. The van der Waals surface area contributed by atoms with E-state index in [1.54, 1.807) is 6.07 Å². The molecule has 1 aromatic rings. The highest BCUT2D eigenvalue weighted by molar-refractivity contribution is 7.91. The quantitative estimate of drug-likeness (QED) is 0.830. The number of halogens is 2. The standard InChI is InChI=1S/C11H16F2N2O2S/c1-8(6-14)7-15-9-4-2-3-5-10(9)18(16,17)11(12)13/h2-5,8,11,15H,6-7,14H2,1H3. The Morgan fingerprint density at radius 2 is 1.94 bits per heavy atom. The van der Waals surface area contributed by atoms with E-state index in [1.807, 2.05) is 6.92 Å². The van der Waals surface area contributed by atoms with Crippen LogP contribution in [0.2, 0.25) is 0 Å². The van der Waals surface area contributed by atoms with Crippen LogP contribution in [0.25, 0.3) is 0 Å². The molecule has 0 radical (unpaired) electrons. The van der Waals surface area contributed by atoms with Crippen LogP contribution in [0.15, 0.2) is 29.2 Å². The third kappa shape index (κ3) is 3.39. The van der Waals surface area contributed by atoms with Crippen molar-refractivity contribution in [1.29, 1.82) is 0 Å². The Hall–Kier alpha value is -1.21. The second-order valence-corrected chi connectivity index (χ2v) is 5.91. The zero-order valence-electron chi connectivity index (χ0n) is 9.94. The van der Waals surface area contributed by atoms with Gasteiger partial charge in [0.2, 0.25) is 9.84 Å². The number of alkyl halides is 2. The molecule has 18 heavy (non-hydrogen) atoms. The zero-order chi connectivity index (χ0) is 13.8. The van der Waals surface area contributed by atoms with Gasteiger partial charge in [-0.25, -0.2) is 8.42 Å². The zero-order valence-corrected chi connectivity index (χ0v) is 10.8. The molecule has 3 N–H and O–H groups in total. The maximum atomic E-state index is 12.5. The summed E-state index contributed by atoms with van der Waals surface area (Å²) in [6.45, 7) is 2.72. The number of anilines is 1. The number of hydrogen-bond donors (Lipinski definition) is 2. The van der Waals surface area contributed by atoms with Gasteiger partial charge in [-0.2, -0.15) is 8.78 Å². The molecule has 1 aromatic carbocycles. The number of nitrogens with one attached hydrogen (secondary N) is 1. The Bertz CT molecular complexity index is 492. The molecule has 7 heteroatoms. The highest BCUT2D eigenvalue weighted by atomic mass is 32.2. The molecule has 1 rings (SSSR count). The fraction of sp³-hybridized carbons (Fsp3) is 0.455. The summed E-state index contributed by atoms with van der Waals surface area (Å²) in [5.74, 6) is -3.31. The minimum absolute atomic E-state index is 0.118. The second-order valence-electron chi connectivity index (χ2n) is 4.02. The summed E-state index contributed by atoms with van der Waals surface area (Å²) in [4.78, 5) is -0.385. The molecule has 102 valence electrons. The molecule has 0 saturated heterocycles. The smallest absolute Gasteiger partial charge is 0.341 e. The third-order valence-corrected chi connectivity index (χ3v) is 3.91. The lowest BCUT2D eigenvalue weighted by Gasteiger charge is -2.14. The number of sulfone groups is 1. The number of nitrogens with two attached hydrogens (primary N) is 1. The van der Waals surface area contributed by atoms with Gasteiger partial charge in [0.15, 0.2) is 0 Å². The molecule has 1 atom stereocenters. The normalized spacial score (nSPS) is 13.6. The molecule has 0 heterocycles. The average Bonchev–Trinajstić information content (AvgIpc) is 2.35. The van der Waals surface area contributed by atoms with Crippen molar-refractivity contribution in [3.05, 3.63) is 24.3 Å². The molecule has 0 saturated carbocycles. The molecule has 0 aliphatic rings. The molecule has 1 unspecified atom stereocenters.